The molecule has 3 heterocycles. The lowest BCUT2D eigenvalue weighted by Gasteiger charge is -2.34. The summed E-state index contributed by atoms with van der Waals surface area (Å²) in [7, 11) is 1.62. The predicted molar refractivity (Wildman–Crippen MR) is 116 cm³/mol. The summed E-state index contributed by atoms with van der Waals surface area (Å²) in [4.78, 5) is 6.92. The summed E-state index contributed by atoms with van der Waals surface area (Å²) >= 11 is 0. The number of aromatic amines is 1. The zero-order valence-corrected chi connectivity index (χ0v) is 17.7. The van der Waals surface area contributed by atoms with Gasteiger partial charge in [-0.15, -0.1) is 0 Å². The Kier molecular flexibility index (Phi) is 5.83. The number of nitrogens with zero attached hydrogens (tertiary/aromatic N) is 3. The molecule has 30 heavy (non-hydrogen) atoms. The summed E-state index contributed by atoms with van der Waals surface area (Å²) in [5.41, 5.74) is 14.7. The number of benzene rings is 1. The molecule has 0 saturated carbocycles. The molecule has 0 amide bonds. The predicted octanol–water partition coefficient (Wildman–Crippen LogP) is 1.55. The van der Waals surface area contributed by atoms with Crippen molar-refractivity contribution >= 4 is 11.6 Å². The molecule has 1 saturated heterocycles. The quantitative estimate of drug-likeness (QED) is 0.484. The minimum Gasteiger partial charge on any atom is -0.493 e. The molecule has 0 bridgehead atoms. The van der Waals surface area contributed by atoms with Crippen molar-refractivity contribution in [3.8, 4) is 11.5 Å². The smallest absolute Gasteiger partial charge is 0.195 e. The lowest BCUT2D eigenvalue weighted by atomic mass is 9.93. The molecule has 2 aromatic rings. The van der Waals surface area contributed by atoms with Gasteiger partial charge in [0.05, 0.1) is 19.4 Å². The highest BCUT2D eigenvalue weighted by molar-refractivity contribution is 5.86. The van der Waals surface area contributed by atoms with Gasteiger partial charge in [-0.25, -0.2) is 4.99 Å². The lowest BCUT2D eigenvalue weighted by molar-refractivity contribution is 0.254. The van der Waals surface area contributed by atoms with E-state index >= 15 is 0 Å². The highest BCUT2D eigenvalue weighted by Crippen LogP contribution is 2.42. The molecule has 4 rings (SSSR count). The van der Waals surface area contributed by atoms with E-state index in [1.165, 1.54) is 25.9 Å². The van der Waals surface area contributed by atoms with Crippen LogP contribution in [0.15, 0.2) is 23.2 Å². The lowest BCUT2D eigenvalue weighted by Crippen LogP contribution is -2.57. The van der Waals surface area contributed by atoms with Crippen LogP contribution in [0.5, 0.6) is 11.5 Å². The van der Waals surface area contributed by atoms with Crippen LogP contribution in [0, 0.1) is 0 Å². The van der Waals surface area contributed by atoms with Gasteiger partial charge in [0.25, 0.3) is 0 Å². The maximum absolute atomic E-state index is 6.76. The number of aliphatic imine (C=N–C) groups is 1. The van der Waals surface area contributed by atoms with Gasteiger partial charge in [-0.1, -0.05) is 6.92 Å². The summed E-state index contributed by atoms with van der Waals surface area (Å²) in [6, 6.07) is 5.63. The van der Waals surface area contributed by atoms with E-state index in [0.717, 1.165) is 30.6 Å². The van der Waals surface area contributed by atoms with Crippen molar-refractivity contribution in [1.29, 1.82) is 0 Å². The van der Waals surface area contributed by atoms with E-state index in [9.17, 15) is 0 Å². The molecule has 9 nitrogen and oxygen atoms in total. The first-order valence-corrected chi connectivity index (χ1v) is 10.6. The number of aromatic nitrogens is 2. The molecule has 2 aliphatic rings. The fourth-order valence-electron chi connectivity index (χ4n) is 4.08. The van der Waals surface area contributed by atoms with Crippen LogP contribution >= 0.6 is 0 Å². The Bertz CT molecular complexity index is 920. The van der Waals surface area contributed by atoms with Crippen LogP contribution in [0.4, 0.5) is 5.69 Å². The molecule has 0 radical (unpaired) electrons. The molecule has 6 N–H and O–H groups in total. The Morgan fingerprint density at radius 2 is 2.00 bits per heavy atom. The molecule has 1 unspecified atom stereocenters. The molecule has 1 aromatic heterocycles. The van der Waals surface area contributed by atoms with Gasteiger partial charge >= 0.3 is 0 Å². The SMILES string of the molecule is CCc1cc(C2(N)NC(N)=Nc3cc(OCCCN4CCCC4)c(OC)cc32)n[nH]1. The van der Waals surface area contributed by atoms with Crippen LogP contribution in [0.1, 0.15) is 43.1 Å². The summed E-state index contributed by atoms with van der Waals surface area (Å²) in [6.45, 7) is 6.08. The highest BCUT2D eigenvalue weighted by Gasteiger charge is 2.39. The molecule has 0 aliphatic carbocycles. The van der Waals surface area contributed by atoms with Crippen LogP contribution in [-0.2, 0) is 12.1 Å². The van der Waals surface area contributed by atoms with Crippen LogP contribution in [0.25, 0.3) is 0 Å². The topological polar surface area (TPSA) is 127 Å². The first-order valence-electron chi connectivity index (χ1n) is 10.6. The van der Waals surface area contributed by atoms with Crippen molar-refractivity contribution < 1.29 is 9.47 Å². The number of hydrogen-bond acceptors (Lipinski definition) is 8. The van der Waals surface area contributed by atoms with Gasteiger partial charge in [-0.05, 0) is 50.9 Å². The summed E-state index contributed by atoms with van der Waals surface area (Å²) in [6.07, 6.45) is 4.38. The first-order chi connectivity index (χ1) is 14.5. The van der Waals surface area contributed by atoms with Crippen molar-refractivity contribution in [1.82, 2.24) is 20.4 Å². The Labute approximate surface area is 176 Å². The van der Waals surface area contributed by atoms with E-state index in [0.29, 0.717) is 29.5 Å². The van der Waals surface area contributed by atoms with E-state index in [4.69, 9.17) is 20.9 Å². The zero-order chi connectivity index (χ0) is 21.1. The number of aryl methyl sites for hydroxylation is 1. The average Bonchev–Trinajstić information content (AvgIpc) is 3.42. The van der Waals surface area contributed by atoms with Gasteiger partial charge in [0.1, 0.15) is 5.69 Å². The van der Waals surface area contributed by atoms with Gasteiger partial charge in [-0.3, -0.25) is 10.8 Å². The van der Waals surface area contributed by atoms with E-state index in [-0.39, 0.29) is 5.96 Å². The second-order valence-corrected chi connectivity index (χ2v) is 7.83. The maximum atomic E-state index is 6.76. The number of methoxy groups -OCH3 is 1. The van der Waals surface area contributed by atoms with E-state index in [1.807, 2.05) is 18.2 Å². The molecule has 1 atom stereocenters. The second-order valence-electron chi connectivity index (χ2n) is 7.83. The Morgan fingerprint density at radius 3 is 2.70 bits per heavy atom. The fraction of sp³-hybridized carbons (Fsp3) is 0.524. The summed E-state index contributed by atoms with van der Waals surface area (Å²) < 4.78 is 11.6. The number of nitrogens with two attached hydrogens (primary N) is 2. The third-order valence-corrected chi connectivity index (χ3v) is 5.76. The molecule has 0 spiro atoms. The van der Waals surface area contributed by atoms with Crippen molar-refractivity contribution in [2.75, 3.05) is 33.4 Å². The Balaban J connectivity index is 1.57. The van der Waals surface area contributed by atoms with Gasteiger partial charge < -0.3 is 25.4 Å². The first kappa shape index (κ1) is 20.5. The number of H-pyrrole nitrogens is 1. The van der Waals surface area contributed by atoms with Gasteiger partial charge in [0.2, 0.25) is 0 Å². The molecular formula is C21H31N7O2. The molecule has 9 heteroatoms. The van der Waals surface area contributed by atoms with E-state index in [1.54, 1.807) is 7.11 Å². The van der Waals surface area contributed by atoms with Gasteiger partial charge in [0.15, 0.2) is 23.1 Å². The average molecular weight is 414 g/mol. The van der Waals surface area contributed by atoms with Crippen LogP contribution in [-0.4, -0.2) is 54.4 Å². The monoisotopic (exact) mass is 413 g/mol. The van der Waals surface area contributed by atoms with Gasteiger partial charge in [0, 0.05) is 23.9 Å². The Morgan fingerprint density at radius 1 is 1.20 bits per heavy atom. The van der Waals surface area contributed by atoms with Crippen molar-refractivity contribution in [2.24, 2.45) is 16.5 Å². The van der Waals surface area contributed by atoms with Crippen molar-refractivity contribution in [3.63, 3.8) is 0 Å². The van der Waals surface area contributed by atoms with Gasteiger partial charge in [-0.2, -0.15) is 5.10 Å². The van der Waals surface area contributed by atoms with Crippen molar-refractivity contribution in [3.05, 3.63) is 35.2 Å². The normalized spacial score (nSPS) is 21.1. The number of nitrogens with one attached hydrogen (secondary N) is 2. The molecular weight excluding hydrogens is 382 g/mol. The van der Waals surface area contributed by atoms with E-state index in [2.05, 4.69) is 32.3 Å². The number of fused-ring (bicyclic) bond motifs is 1. The number of ether oxygens (including phenoxy) is 2. The molecule has 162 valence electrons. The van der Waals surface area contributed by atoms with Crippen LogP contribution in [0.3, 0.4) is 0 Å². The standard InChI is InChI=1S/C21H31N7O2/c1-3-14-11-19(27-26-14)21(23)15-12-17(29-2)18(13-16(15)24-20(22)25-21)30-10-6-9-28-7-4-5-8-28/h11-13H,3-10,23H2,1-2H3,(H,26,27)(H3,22,24,25). The third-order valence-electron chi connectivity index (χ3n) is 5.76. The number of hydrogen-bond donors (Lipinski definition) is 4. The second kappa shape index (κ2) is 8.53. The number of likely N-dealkylation sites (tertiary alicyclic amines) is 1. The number of guanidine groups is 1. The number of rotatable bonds is 8. The minimum absolute atomic E-state index is 0.233. The van der Waals surface area contributed by atoms with E-state index < -0.39 is 5.66 Å². The highest BCUT2D eigenvalue weighted by atomic mass is 16.5. The van der Waals surface area contributed by atoms with Crippen LogP contribution < -0.4 is 26.3 Å². The molecule has 1 fully saturated rings. The molecule has 2 aliphatic heterocycles. The maximum Gasteiger partial charge on any atom is 0.195 e. The summed E-state index contributed by atoms with van der Waals surface area (Å²) in [5.74, 6) is 1.47. The minimum atomic E-state index is -1.12. The van der Waals surface area contributed by atoms with Crippen molar-refractivity contribution in [2.45, 2.75) is 38.3 Å². The largest absolute Gasteiger partial charge is 0.493 e. The Hall–Kier alpha value is -2.78. The summed E-state index contributed by atoms with van der Waals surface area (Å²) in [5, 5.41) is 10.5. The third kappa shape index (κ3) is 3.95. The van der Waals surface area contributed by atoms with Crippen LogP contribution in [0.2, 0.25) is 0 Å². The zero-order valence-electron chi connectivity index (χ0n) is 17.7. The molecule has 1 aromatic carbocycles. The fourth-order valence-corrected chi connectivity index (χ4v) is 4.08.